The third-order valence-corrected chi connectivity index (χ3v) is 3.90. The highest BCUT2D eigenvalue weighted by molar-refractivity contribution is 9.10. The van der Waals surface area contributed by atoms with Crippen LogP contribution in [0.15, 0.2) is 40.2 Å². The van der Waals surface area contributed by atoms with Gasteiger partial charge in [0.05, 0.1) is 12.7 Å². The average molecular weight is 297 g/mol. The lowest BCUT2D eigenvalue weighted by molar-refractivity contribution is 0.0601. The molecule has 0 saturated heterocycles. The van der Waals surface area contributed by atoms with Gasteiger partial charge in [0.2, 0.25) is 0 Å². The number of halogens is 1. The molecule has 2 aromatic rings. The fourth-order valence-electron chi connectivity index (χ4n) is 1.35. The van der Waals surface area contributed by atoms with E-state index >= 15 is 0 Å². The summed E-state index contributed by atoms with van der Waals surface area (Å²) in [5, 5.41) is 2.03. The molecule has 0 fully saturated rings. The summed E-state index contributed by atoms with van der Waals surface area (Å²) in [6, 6.07) is 9.44. The summed E-state index contributed by atoms with van der Waals surface area (Å²) < 4.78 is 5.72. The Balaban J connectivity index is 2.29. The van der Waals surface area contributed by atoms with Crippen LogP contribution >= 0.6 is 27.3 Å². The molecule has 0 bridgehead atoms. The molecule has 1 heterocycles. The average Bonchev–Trinajstić information content (AvgIpc) is 2.75. The van der Waals surface area contributed by atoms with Crippen molar-refractivity contribution in [3.63, 3.8) is 0 Å². The van der Waals surface area contributed by atoms with Gasteiger partial charge in [0.15, 0.2) is 0 Å². The van der Waals surface area contributed by atoms with Gasteiger partial charge in [-0.3, -0.25) is 0 Å². The highest BCUT2D eigenvalue weighted by Gasteiger charge is 2.06. The van der Waals surface area contributed by atoms with E-state index in [-0.39, 0.29) is 5.97 Å². The summed E-state index contributed by atoms with van der Waals surface area (Å²) in [6.07, 6.45) is 0. The van der Waals surface area contributed by atoms with E-state index in [1.165, 1.54) is 12.0 Å². The third-order valence-electron chi connectivity index (χ3n) is 2.16. The highest BCUT2D eigenvalue weighted by Crippen LogP contribution is 2.29. The van der Waals surface area contributed by atoms with Crippen LogP contribution in [0.2, 0.25) is 0 Å². The van der Waals surface area contributed by atoms with E-state index in [9.17, 15) is 4.79 Å². The van der Waals surface area contributed by atoms with Crippen LogP contribution in [0.4, 0.5) is 0 Å². The topological polar surface area (TPSA) is 26.3 Å². The van der Waals surface area contributed by atoms with Gasteiger partial charge >= 0.3 is 5.97 Å². The number of carbonyl (C=O) groups is 1. The number of benzene rings is 1. The second-order valence-corrected chi connectivity index (χ2v) is 5.03. The third kappa shape index (κ3) is 2.33. The maximum absolute atomic E-state index is 11.2. The van der Waals surface area contributed by atoms with Crippen molar-refractivity contribution < 1.29 is 9.53 Å². The number of methoxy groups -OCH3 is 1. The van der Waals surface area contributed by atoms with Gasteiger partial charge < -0.3 is 4.74 Å². The van der Waals surface area contributed by atoms with E-state index < -0.39 is 0 Å². The molecule has 82 valence electrons. The Morgan fingerprint density at radius 2 is 2.00 bits per heavy atom. The van der Waals surface area contributed by atoms with Gasteiger partial charge in [-0.2, -0.15) is 0 Å². The van der Waals surface area contributed by atoms with Gasteiger partial charge in [0, 0.05) is 14.7 Å². The standard InChI is InChI=1S/C12H9BrO2S/c1-15-12(14)9-4-2-8(3-5-9)11-6-10(13)7-16-11/h2-7H,1H3. The summed E-state index contributed by atoms with van der Waals surface area (Å²) in [4.78, 5) is 12.4. The van der Waals surface area contributed by atoms with Crippen LogP contribution in [-0.4, -0.2) is 13.1 Å². The van der Waals surface area contributed by atoms with E-state index in [4.69, 9.17) is 0 Å². The van der Waals surface area contributed by atoms with Gasteiger partial charge in [-0.25, -0.2) is 4.79 Å². The molecule has 16 heavy (non-hydrogen) atoms. The first kappa shape index (κ1) is 11.4. The van der Waals surface area contributed by atoms with E-state index in [1.807, 2.05) is 17.5 Å². The zero-order chi connectivity index (χ0) is 11.5. The second-order valence-electron chi connectivity index (χ2n) is 3.20. The summed E-state index contributed by atoms with van der Waals surface area (Å²) in [7, 11) is 1.38. The Hall–Kier alpha value is -1.13. The molecular weight excluding hydrogens is 288 g/mol. The summed E-state index contributed by atoms with van der Waals surface area (Å²) in [5.74, 6) is -0.307. The van der Waals surface area contributed by atoms with Crippen molar-refractivity contribution in [3.05, 3.63) is 45.7 Å². The number of hydrogen-bond acceptors (Lipinski definition) is 3. The molecule has 0 unspecified atom stereocenters. The Labute approximate surface area is 106 Å². The van der Waals surface area contributed by atoms with Crippen LogP contribution in [0.25, 0.3) is 10.4 Å². The number of hydrogen-bond donors (Lipinski definition) is 0. The van der Waals surface area contributed by atoms with E-state index in [0.717, 1.165) is 10.0 Å². The predicted molar refractivity (Wildman–Crippen MR) is 68.8 cm³/mol. The number of esters is 1. The summed E-state index contributed by atoms with van der Waals surface area (Å²) in [5.41, 5.74) is 1.67. The summed E-state index contributed by atoms with van der Waals surface area (Å²) in [6.45, 7) is 0. The van der Waals surface area contributed by atoms with Crippen LogP contribution in [0, 0.1) is 0 Å². The Morgan fingerprint density at radius 3 is 2.50 bits per heavy atom. The van der Waals surface area contributed by atoms with Crippen LogP contribution in [0.3, 0.4) is 0 Å². The minimum absolute atomic E-state index is 0.307. The van der Waals surface area contributed by atoms with E-state index in [1.54, 1.807) is 23.5 Å². The van der Waals surface area contributed by atoms with E-state index in [0.29, 0.717) is 5.56 Å². The molecule has 0 aliphatic rings. The van der Waals surface area contributed by atoms with E-state index in [2.05, 4.69) is 26.7 Å². The van der Waals surface area contributed by atoms with Crippen LogP contribution in [0.5, 0.6) is 0 Å². The van der Waals surface area contributed by atoms with Crippen molar-refractivity contribution in [2.24, 2.45) is 0 Å². The molecule has 0 atom stereocenters. The Bertz CT molecular complexity index is 502. The minimum Gasteiger partial charge on any atom is -0.465 e. The molecular formula is C12H9BrO2S. The monoisotopic (exact) mass is 296 g/mol. The molecule has 1 aromatic carbocycles. The van der Waals surface area contributed by atoms with Crippen molar-refractivity contribution in [3.8, 4) is 10.4 Å². The zero-order valence-electron chi connectivity index (χ0n) is 8.57. The molecule has 0 saturated carbocycles. The molecule has 2 rings (SSSR count). The lowest BCUT2D eigenvalue weighted by Crippen LogP contribution is -2.00. The Morgan fingerprint density at radius 1 is 1.31 bits per heavy atom. The molecule has 1 aromatic heterocycles. The zero-order valence-corrected chi connectivity index (χ0v) is 11.0. The maximum Gasteiger partial charge on any atom is 0.337 e. The molecule has 0 N–H and O–H groups in total. The normalized spacial score (nSPS) is 10.1. The molecule has 0 aliphatic heterocycles. The lowest BCUT2D eigenvalue weighted by Gasteiger charge is -2.00. The maximum atomic E-state index is 11.2. The predicted octanol–water partition coefficient (Wildman–Crippen LogP) is 3.96. The molecule has 0 amide bonds. The van der Waals surface area contributed by atoms with Crippen LogP contribution in [-0.2, 0) is 4.74 Å². The number of carbonyl (C=O) groups excluding carboxylic acids is 1. The first-order valence-corrected chi connectivity index (χ1v) is 6.31. The number of ether oxygens (including phenoxy) is 1. The lowest BCUT2D eigenvalue weighted by atomic mass is 10.1. The molecule has 0 aliphatic carbocycles. The number of rotatable bonds is 2. The largest absolute Gasteiger partial charge is 0.465 e. The van der Waals surface area contributed by atoms with Crippen molar-refractivity contribution in [2.45, 2.75) is 0 Å². The quantitative estimate of drug-likeness (QED) is 0.784. The Kier molecular flexibility index (Phi) is 3.41. The molecule has 4 heteroatoms. The van der Waals surface area contributed by atoms with Crippen molar-refractivity contribution in [1.29, 1.82) is 0 Å². The number of thiophene rings is 1. The van der Waals surface area contributed by atoms with Gasteiger partial charge in [0.1, 0.15) is 0 Å². The highest BCUT2D eigenvalue weighted by atomic mass is 79.9. The van der Waals surface area contributed by atoms with Crippen LogP contribution < -0.4 is 0 Å². The second kappa shape index (κ2) is 4.80. The van der Waals surface area contributed by atoms with Crippen molar-refractivity contribution in [1.82, 2.24) is 0 Å². The smallest absolute Gasteiger partial charge is 0.337 e. The van der Waals surface area contributed by atoms with Gasteiger partial charge in [0.25, 0.3) is 0 Å². The van der Waals surface area contributed by atoms with Gasteiger partial charge in [-0.15, -0.1) is 11.3 Å². The van der Waals surface area contributed by atoms with Gasteiger partial charge in [-0.1, -0.05) is 12.1 Å². The molecule has 0 radical (unpaired) electrons. The fourth-order valence-corrected chi connectivity index (χ4v) is 2.79. The SMILES string of the molecule is COC(=O)c1ccc(-c2cc(Br)cs2)cc1. The summed E-state index contributed by atoms with van der Waals surface area (Å²) >= 11 is 5.07. The molecule has 2 nitrogen and oxygen atoms in total. The van der Waals surface area contributed by atoms with Crippen molar-refractivity contribution in [2.75, 3.05) is 7.11 Å². The first-order valence-electron chi connectivity index (χ1n) is 4.63. The minimum atomic E-state index is -0.307. The molecule has 0 spiro atoms. The fraction of sp³-hybridized carbons (Fsp3) is 0.0833. The van der Waals surface area contributed by atoms with Crippen molar-refractivity contribution >= 4 is 33.2 Å². The first-order chi connectivity index (χ1) is 7.70. The van der Waals surface area contributed by atoms with Crippen LogP contribution in [0.1, 0.15) is 10.4 Å². The van der Waals surface area contributed by atoms with Gasteiger partial charge in [-0.05, 0) is 39.7 Å².